The van der Waals surface area contributed by atoms with Crippen LogP contribution in [0.4, 0.5) is 5.69 Å². The first-order valence-corrected chi connectivity index (χ1v) is 5.62. The molecule has 0 fully saturated rings. The van der Waals surface area contributed by atoms with E-state index in [2.05, 4.69) is 30.8 Å². The van der Waals surface area contributed by atoms with E-state index in [1.54, 1.807) is 18.3 Å². The van der Waals surface area contributed by atoms with Gasteiger partial charge in [0.25, 0.3) is 5.91 Å². The van der Waals surface area contributed by atoms with E-state index in [-0.39, 0.29) is 5.91 Å². The average Bonchev–Trinajstić information content (AvgIpc) is 2.90. The number of nitrogens with zero attached hydrogens (tertiary/aromatic N) is 3. The number of hydrogen-bond donors (Lipinski definition) is 3. The SMILES string of the molecule is CCNC(=O)c1cc(NCc2ncn[nH]2)ccn1. The van der Waals surface area contributed by atoms with Gasteiger partial charge in [-0.25, -0.2) is 4.98 Å². The van der Waals surface area contributed by atoms with Crippen LogP contribution in [-0.2, 0) is 6.54 Å². The maximum absolute atomic E-state index is 11.6. The van der Waals surface area contributed by atoms with E-state index in [1.807, 2.05) is 6.92 Å². The Hall–Kier alpha value is -2.44. The third-order valence-corrected chi connectivity index (χ3v) is 2.25. The standard InChI is InChI=1S/C11H14N6O/c1-2-12-11(18)9-5-8(3-4-13-9)14-6-10-15-7-16-17-10/h3-5,7H,2,6H2,1H3,(H,12,18)(H,13,14)(H,15,16,17). The number of carbonyl (C=O) groups is 1. The monoisotopic (exact) mass is 246 g/mol. The summed E-state index contributed by atoms with van der Waals surface area (Å²) in [6.07, 6.45) is 3.04. The maximum Gasteiger partial charge on any atom is 0.269 e. The number of hydrogen-bond acceptors (Lipinski definition) is 5. The number of aromatic nitrogens is 4. The molecule has 2 heterocycles. The summed E-state index contributed by atoms with van der Waals surface area (Å²) in [5, 5.41) is 12.3. The van der Waals surface area contributed by atoms with Crippen molar-refractivity contribution < 1.29 is 4.79 Å². The molecule has 0 unspecified atom stereocenters. The molecule has 0 saturated carbocycles. The normalized spacial score (nSPS) is 10.1. The molecule has 0 aliphatic rings. The molecule has 0 aliphatic carbocycles. The van der Waals surface area contributed by atoms with Crippen LogP contribution >= 0.6 is 0 Å². The highest BCUT2D eigenvalue weighted by atomic mass is 16.1. The molecule has 0 saturated heterocycles. The van der Waals surface area contributed by atoms with Crippen molar-refractivity contribution in [2.75, 3.05) is 11.9 Å². The Morgan fingerprint density at radius 2 is 2.33 bits per heavy atom. The predicted molar refractivity (Wildman–Crippen MR) is 66.0 cm³/mol. The topological polar surface area (TPSA) is 95.6 Å². The third-order valence-electron chi connectivity index (χ3n) is 2.25. The fraction of sp³-hybridized carbons (Fsp3) is 0.273. The van der Waals surface area contributed by atoms with Crippen molar-refractivity contribution in [1.29, 1.82) is 0 Å². The maximum atomic E-state index is 11.6. The molecule has 0 aliphatic heterocycles. The van der Waals surface area contributed by atoms with E-state index >= 15 is 0 Å². The lowest BCUT2D eigenvalue weighted by Crippen LogP contribution is -2.23. The summed E-state index contributed by atoms with van der Waals surface area (Å²) in [5.41, 5.74) is 1.20. The lowest BCUT2D eigenvalue weighted by atomic mass is 10.3. The fourth-order valence-corrected chi connectivity index (χ4v) is 1.42. The lowest BCUT2D eigenvalue weighted by molar-refractivity contribution is 0.0951. The second kappa shape index (κ2) is 5.76. The number of carbonyl (C=O) groups excluding carboxylic acids is 1. The molecular formula is C11H14N6O. The molecule has 0 spiro atoms. The Bertz CT molecular complexity index is 510. The fourth-order valence-electron chi connectivity index (χ4n) is 1.42. The van der Waals surface area contributed by atoms with Crippen molar-refractivity contribution in [2.45, 2.75) is 13.5 Å². The largest absolute Gasteiger partial charge is 0.378 e. The summed E-state index contributed by atoms with van der Waals surface area (Å²) in [6, 6.07) is 3.49. The van der Waals surface area contributed by atoms with Crippen LogP contribution in [0.1, 0.15) is 23.2 Å². The van der Waals surface area contributed by atoms with Crippen LogP contribution in [0.3, 0.4) is 0 Å². The highest BCUT2D eigenvalue weighted by Gasteiger charge is 2.06. The summed E-state index contributed by atoms with van der Waals surface area (Å²) in [4.78, 5) is 19.6. The number of amides is 1. The van der Waals surface area contributed by atoms with Gasteiger partial charge in [-0.1, -0.05) is 0 Å². The van der Waals surface area contributed by atoms with E-state index in [1.165, 1.54) is 6.33 Å². The zero-order valence-corrected chi connectivity index (χ0v) is 9.97. The van der Waals surface area contributed by atoms with Gasteiger partial charge in [-0.3, -0.25) is 14.9 Å². The highest BCUT2D eigenvalue weighted by Crippen LogP contribution is 2.08. The van der Waals surface area contributed by atoms with Gasteiger partial charge in [0.15, 0.2) is 0 Å². The van der Waals surface area contributed by atoms with E-state index in [4.69, 9.17) is 0 Å². The molecule has 0 bridgehead atoms. The van der Waals surface area contributed by atoms with Crippen molar-refractivity contribution in [3.63, 3.8) is 0 Å². The molecule has 0 aromatic carbocycles. The van der Waals surface area contributed by atoms with Crippen LogP contribution in [0.15, 0.2) is 24.7 Å². The van der Waals surface area contributed by atoms with Crippen LogP contribution < -0.4 is 10.6 Å². The zero-order chi connectivity index (χ0) is 12.8. The van der Waals surface area contributed by atoms with Crippen molar-refractivity contribution in [2.24, 2.45) is 0 Å². The summed E-state index contributed by atoms with van der Waals surface area (Å²) in [6.45, 7) is 2.96. The minimum absolute atomic E-state index is 0.180. The van der Waals surface area contributed by atoms with Crippen LogP contribution in [0.2, 0.25) is 0 Å². The molecule has 2 aromatic heterocycles. The molecule has 18 heavy (non-hydrogen) atoms. The second-order valence-electron chi connectivity index (χ2n) is 3.57. The average molecular weight is 246 g/mol. The first kappa shape index (κ1) is 12.0. The Balaban J connectivity index is 2.01. The lowest BCUT2D eigenvalue weighted by Gasteiger charge is -2.06. The molecule has 2 rings (SSSR count). The Morgan fingerprint density at radius 3 is 3.06 bits per heavy atom. The second-order valence-corrected chi connectivity index (χ2v) is 3.57. The van der Waals surface area contributed by atoms with E-state index < -0.39 is 0 Å². The molecule has 94 valence electrons. The minimum atomic E-state index is -0.180. The molecule has 3 N–H and O–H groups in total. The van der Waals surface area contributed by atoms with Gasteiger partial charge < -0.3 is 10.6 Å². The number of nitrogens with one attached hydrogen (secondary N) is 3. The molecule has 0 atom stereocenters. The van der Waals surface area contributed by atoms with Gasteiger partial charge in [-0.2, -0.15) is 5.10 Å². The molecule has 0 radical (unpaired) electrons. The Morgan fingerprint density at radius 1 is 1.44 bits per heavy atom. The van der Waals surface area contributed by atoms with Crippen molar-refractivity contribution in [3.8, 4) is 0 Å². The van der Waals surface area contributed by atoms with E-state index in [0.717, 1.165) is 11.5 Å². The van der Waals surface area contributed by atoms with E-state index in [9.17, 15) is 4.79 Å². The van der Waals surface area contributed by atoms with Gasteiger partial charge >= 0.3 is 0 Å². The molecule has 7 nitrogen and oxygen atoms in total. The Labute approximate surface area is 104 Å². The molecular weight excluding hydrogens is 232 g/mol. The van der Waals surface area contributed by atoms with Crippen molar-refractivity contribution >= 4 is 11.6 Å². The van der Waals surface area contributed by atoms with Crippen molar-refractivity contribution in [3.05, 3.63) is 36.2 Å². The number of aromatic amines is 1. The number of rotatable bonds is 5. The number of H-pyrrole nitrogens is 1. The van der Waals surface area contributed by atoms with Gasteiger partial charge in [0.2, 0.25) is 0 Å². The predicted octanol–water partition coefficient (Wildman–Crippen LogP) is 0.561. The summed E-state index contributed by atoms with van der Waals surface area (Å²) in [5.74, 6) is 0.548. The smallest absolute Gasteiger partial charge is 0.269 e. The quantitative estimate of drug-likeness (QED) is 0.716. The highest BCUT2D eigenvalue weighted by molar-refractivity contribution is 5.93. The van der Waals surface area contributed by atoms with Crippen LogP contribution in [0.25, 0.3) is 0 Å². The summed E-state index contributed by atoms with van der Waals surface area (Å²) >= 11 is 0. The Kier molecular flexibility index (Phi) is 3.85. The zero-order valence-electron chi connectivity index (χ0n) is 9.97. The number of anilines is 1. The molecule has 2 aromatic rings. The first-order valence-electron chi connectivity index (χ1n) is 5.62. The third kappa shape index (κ3) is 3.03. The van der Waals surface area contributed by atoms with Crippen LogP contribution in [-0.4, -0.2) is 32.6 Å². The summed E-state index contributed by atoms with van der Waals surface area (Å²) in [7, 11) is 0. The van der Waals surface area contributed by atoms with Gasteiger partial charge in [0.05, 0.1) is 6.54 Å². The van der Waals surface area contributed by atoms with Gasteiger partial charge in [0, 0.05) is 18.4 Å². The van der Waals surface area contributed by atoms with Gasteiger partial charge in [-0.15, -0.1) is 0 Å². The number of pyridine rings is 1. The van der Waals surface area contributed by atoms with Crippen LogP contribution in [0.5, 0.6) is 0 Å². The van der Waals surface area contributed by atoms with E-state index in [0.29, 0.717) is 18.8 Å². The van der Waals surface area contributed by atoms with Gasteiger partial charge in [-0.05, 0) is 19.1 Å². The minimum Gasteiger partial charge on any atom is -0.378 e. The first-order chi connectivity index (χ1) is 8.79. The van der Waals surface area contributed by atoms with Gasteiger partial charge in [0.1, 0.15) is 17.8 Å². The molecule has 7 heteroatoms. The van der Waals surface area contributed by atoms with Crippen LogP contribution in [0, 0.1) is 0 Å². The van der Waals surface area contributed by atoms with Crippen molar-refractivity contribution in [1.82, 2.24) is 25.5 Å². The molecule has 1 amide bonds. The summed E-state index contributed by atoms with van der Waals surface area (Å²) < 4.78 is 0.